The molecule has 4 rings (SSSR count). The van der Waals surface area contributed by atoms with Gasteiger partial charge in [-0.3, -0.25) is 0 Å². The monoisotopic (exact) mass is 478 g/mol. The maximum Gasteiger partial charge on any atom is 0.0576 e. The van der Waals surface area contributed by atoms with Gasteiger partial charge in [-0.15, -0.1) is 0 Å². The lowest BCUT2D eigenvalue weighted by atomic mass is 9.97. The first kappa shape index (κ1) is 26.3. The van der Waals surface area contributed by atoms with Gasteiger partial charge in [-0.05, 0) is 88.9 Å². The molecule has 0 aromatic carbocycles. The summed E-state index contributed by atoms with van der Waals surface area (Å²) in [6.45, 7) is 2.03. The highest BCUT2D eigenvalue weighted by atomic mass is 32.2. The second kappa shape index (κ2) is 15.4. The predicted molar refractivity (Wildman–Crippen MR) is 143 cm³/mol. The molecule has 2 aliphatic carbocycles. The Morgan fingerprint density at radius 2 is 0.970 bits per heavy atom. The molecule has 0 spiro atoms. The average molecular weight is 479 g/mol. The maximum absolute atomic E-state index is 5.84. The van der Waals surface area contributed by atoms with E-state index in [0.717, 1.165) is 35.5 Å². The van der Waals surface area contributed by atoms with Gasteiger partial charge in [0.1, 0.15) is 0 Å². The summed E-state index contributed by atoms with van der Waals surface area (Å²) in [5.74, 6) is 2.05. The zero-order valence-electron chi connectivity index (χ0n) is 21.7. The van der Waals surface area contributed by atoms with Gasteiger partial charge in [-0.1, -0.05) is 64.2 Å². The van der Waals surface area contributed by atoms with Gasteiger partial charge in [0.05, 0.1) is 12.2 Å². The molecule has 2 heterocycles. The summed E-state index contributed by atoms with van der Waals surface area (Å²) in [7, 11) is 0. The third-order valence-corrected chi connectivity index (χ3v) is 11.2. The molecule has 2 saturated heterocycles. The van der Waals surface area contributed by atoms with Crippen molar-refractivity contribution in [3.8, 4) is 0 Å². The number of thioether (sulfide) groups is 1. The lowest BCUT2D eigenvalue weighted by molar-refractivity contribution is 0.102. The summed E-state index contributed by atoms with van der Waals surface area (Å²) < 4.78 is 11.7. The molecule has 0 amide bonds. The molecular weight excluding hydrogens is 424 g/mol. The second-order valence-corrected chi connectivity index (χ2v) is 13.3. The number of ether oxygens (including phenoxy) is 2. The standard InChI is InChI=1S/C30H54O2S/c1(3-17-27-19-11-23-31-27)5-21-29(25-13-7-8-14-25)33-30(26-15-9-10-16-26)22-6-2-4-18-28-20-12-24-32-28/h25-30H,1-24H2. The van der Waals surface area contributed by atoms with Crippen LogP contribution in [0.1, 0.15) is 141 Å². The number of unbranched alkanes of at least 4 members (excludes halogenated alkanes) is 4. The fourth-order valence-electron chi connectivity index (χ4n) is 7.25. The maximum atomic E-state index is 5.84. The number of rotatable bonds is 16. The summed E-state index contributed by atoms with van der Waals surface area (Å²) in [4.78, 5) is 0. The molecule has 0 aromatic heterocycles. The first-order valence-corrected chi connectivity index (χ1v) is 16.2. The average Bonchev–Trinajstić information content (AvgIpc) is 3.65. The van der Waals surface area contributed by atoms with Crippen LogP contribution in [0, 0.1) is 11.8 Å². The van der Waals surface area contributed by atoms with Gasteiger partial charge in [0.2, 0.25) is 0 Å². The molecule has 4 unspecified atom stereocenters. The van der Waals surface area contributed by atoms with Crippen LogP contribution in [0.3, 0.4) is 0 Å². The van der Waals surface area contributed by atoms with Gasteiger partial charge in [0.25, 0.3) is 0 Å². The van der Waals surface area contributed by atoms with Crippen LogP contribution in [-0.4, -0.2) is 35.9 Å². The normalized spacial score (nSPS) is 28.7. The first-order valence-electron chi connectivity index (χ1n) is 15.3. The summed E-state index contributed by atoms with van der Waals surface area (Å²) in [5.41, 5.74) is 0. The lowest BCUT2D eigenvalue weighted by Gasteiger charge is -2.31. The van der Waals surface area contributed by atoms with Crippen LogP contribution in [0.5, 0.6) is 0 Å². The van der Waals surface area contributed by atoms with E-state index in [-0.39, 0.29) is 0 Å². The highest BCUT2D eigenvalue weighted by molar-refractivity contribution is 8.00. The van der Waals surface area contributed by atoms with Crippen LogP contribution in [0.15, 0.2) is 0 Å². The van der Waals surface area contributed by atoms with Crippen molar-refractivity contribution in [1.82, 2.24) is 0 Å². The molecule has 4 atom stereocenters. The third kappa shape index (κ3) is 9.34. The molecule has 192 valence electrons. The van der Waals surface area contributed by atoms with Crippen molar-refractivity contribution in [1.29, 1.82) is 0 Å². The number of hydrogen-bond acceptors (Lipinski definition) is 3. The zero-order chi connectivity index (χ0) is 22.6. The van der Waals surface area contributed by atoms with E-state index in [1.165, 1.54) is 141 Å². The molecule has 4 aliphatic rings. The Labute approximate surface area is 210 Å². The molecule has 2 aliphatic heterocycles. The molecule has 0 aromatic rings. The third-order valence-electron chi connectivity index (χ3n) is 9.28. The van der Waals surface area contributed by atoms with Gasteiger partial charge in [0.15, 0.2) is 0 Å². The smallest absolute Gasteiger partial charge is 0.0576 e. The molecule has 0 radical (unpaired) electrons. The van der Waals surface area contributed by atoms with E-state index in [4.69, 9.17) is 9.47 Å². The quantitative estimate of drug-likeness (QED) is 0.206. The van der Waals surface area contributed by atoms with Crippen molar-refractivity contribution in [2.75, 3.05) is 13.2 Å². The summed E-state index contributed by atoms with van der Waals surface area (Å²) in [5, 5.41) is 1.90. The fraction of sp³-hybridized carbons (Fsp3) is 1.00. The van der Waals surface area contributed by atoms with E-state index in [1.54, 1.807) is 0 Å². The van der Waals surface area contributed by atoms with E-state index < -0.39 is 0 Å². The van der Waals surface area contributed by atoms with Gasteiger partial charge in [0, 0.05) is 23.7 Å². The summed E-state index contributed by atoms with van der Waals surface area (Å²) in [6, 6.07) is 0. The second-order valence-electron chi connectivity index (χ2n) is 11.8. The highest BCUT2D eigenvalue weighted by Crippen LogP contribution is 2.44. The fourth-order valence-corrected chi connectivity index (χ4v) is 9.29. The lowest BCUT2D eigenvalue weighted by Crippen LogP contribution is -2.23. The Balaban J connectivity index is 1.19. The van der Waals surface area contributed by atoms with E-state index in [2.05, 4.69) is 11.8 Å². The summed E-state index contributed by atoms with van der Waals surface area (Å²) in [6.07, 6.45) is 32.7. The van der Waals surface area contributed by atoms with Crippen LogP contribution in [0.25, 0.3) is 0 Å². The van der Waals surface area contributed by atoms with Crippen molar-refractivity contribution in [2.24, 2.45) is 11.8 Å². The Morgan fingerprint density at radius 3 is 1.36 bits per heavy atom. The van der Waals surface area contributed by atoms with Crippen molar-refractivity contribution in [2.45, 2.75) is 164 Å². The molecule has 33 heavy (non-hydrogen) atoms. The Bertz CT molecular complexity index is 444. The predicted octanol–water partition coefficient (Wildman–Crippen LogP) is 9.10. The van der Waals surface area contributed by atoms with Gasteiger partial charge >= 0.3 is 0 Å². The number of hydrogen-bond donors (Lipinski definition) is 0. The molecular formula is C30H54O2S. The van der Waals surface area contributed by atoms with Crippen LogP contribution in [0.2, 0.25) is 0 Å². The van der Waals surface area contributed by atoms with Crippen molar-refractivity contribution < 1.29 is 9.47 Å². The van der Waals surface area contributed by atoms with Gasteiger partial charge < -0.3 is 9.47 Å². The molecule has 4 fully saturated rings. The van der Waals surface area contributed by atoms with Crippen molar-refractivity contribution in [3.05, 3.63) is 0 Å². The van der Waals surface area contributed by atoms with E-state index >= 15 is 0 Å². The minimum atomic E-state index is 0.594. The Kier molecular flexibility index (Phi) is 12.3. The largest absolute Gasteiger partial charge is 0.378 e. The molecule has 2 nitrogen and oxygen atoms in total. The minimum Gasteiger partial charge on any atom is -0.378 e. The Hall–Kier alpha value is 0.270. The van der Waals surface area contributed by atoms with Crippen molar-refractivity contribution in [3.63, 3.8) is 0 Å². The van der Waals surface area contributed by atoms with Gasteiger partial charge in [-0.25, -0.2) is 0 Å². The van der Waals surface area contributed by atoms with E-state index in [0.29, 0.717) is 12.2 Å². The van der Waals surface area contributed by atoms with E-state index in [9.17, 15) is 0 Å². The van der Waals surface area contributed by atoms with Crippen LogP contribution < -0.4 is 0 Å². The van der Waals surface area contributed by atoms with Crippen LogP contribution >= 0.6 is 11.8 Å². The van der Waals surface area contributed by atoms with Crippen LogP contribution in [-0.2, 0) is 9.47 Å². The highest BCUT2D eigenvalue weighted by Gasteiger charge is 2.32. The SMILES string of the molecule is C(CCC1CCCO1)CCC(SC(CCCCCC1CCCO1)C1CCCC1)C1CCCC1. The van der Waals surface area contributed by atoms with Crippen molar-refractivity contribution >= 4 is 11.8 Å². The zero-order valence-corrected chi connectivity index (χ0v) is 22.5. The molecule has 2 saturated carbocycles. The minimum absolute atomic E-state index is 0.594. The molecule has 0 N–H and O–H groups in total. The van der Waals surface area contributed by atoms with Crippen LogP contribution in [0.4, 0.5) is 0 Å². The molecule has 0 bridgehead atoms. The van der Waals surface area contributed by atoms with E-state index in [1.807, 2.05) is 0 Å². The van der Waals surface area contributed by atoms with Gasteiger partial charge in [-0.2, -0.15) is 11.8 Å². The topological polar surface area (TPSA) is 18.5 Å². The Morgan fingerprint density at radius 1 is 0.515 bits per heavy atom. The summed E-state index contributed by atoms with van der Waals surface area (Å²) >= 11 is 2.50. The first-order chi connectivity index (χ1) is 16.4. The molecule has 3 heteroatoms.